The van der Waals surface area contributed by atoms with Crippen LogP contribution < -0.4 is 21.7 Å². The Morgan fingerprint density at radius 1 is 1.00 bits per heavy atom. The van der Waals surface area contributed by atoms with E-state index >= 15 is 0 Å². The standard InChI is InChI=1S/C13H30N4O2/c1-11(2)19-13(18)12(3)10-17-9-8-16-7-6-15-5-4-14/h11-12,15-17H,4-10,14H2,1-3H3. The van der Waals surface area contributed by atoms with Gasteiger partial charge in [0.1, 0.15) is 0 Å². The number of nitrogens with two attached hydrogens (primary N) is 1. The van der Waals surface area contributed by atoms with Crippen LogP contribution in [0, 0.1) is 5.92 Å². The highest BCUT2D eigenvalue weighted by Crippen LogP contribution is 1.99. The Morgan fingerprint density at radius 2 is 1.53 bits per heavy atom. The van der Waals surface area contributed by atoms with Gasteiger partial charge in [0.2, 0.25) is 0 Å². The molecule has 0 aromatic heterocycles. The van der Waals surface area contributed by atoms with E-state index in [4.69, 9.17) is 10.5 Å². The average molecular weight is 274 g/mol. The van der Waals surface area contributed by atoms with Crippen molar-refractivity contribution in [2.24, 2.45) is 11.7 Å². The van der Waals surface area contributed by atoms with E-state index in [9.17, 15) is 4.79 Å². The van der Waals surface area contributed by atoms with Gasteiger partial charge in [-0.05, 0) is 13.8 Å². The summed E-state index contributed by atoms with van der Waals surface area (Å²) in [5.41, 5.74) is 5.36. The zero-order valence-electron chi connectivity index (χ0n) is 12.5. The zero-order chi connectivity index (χ0) is 14.5. The molecule has 5 N–H and O–H groups in total. The van der Waals surface area contributed by atoms with Crippen LogP contribution in [0.2, 0.25) is 0 Å². The molecule has 0 rings (SSSR count). The molecule has 6 heteroatoms. The lowest BCUT2D eigenvalue weighted by Crippen LogP contribution is -2.36. The first-order chi connectivity index (χ1) is 9.07. The second kappa shape index (κ2) is 12.3. The lowest BCUT2D eigenvalue weighted by Gasteiger charge is -2.14. The number of carbonyl (C=O) groups is 1. The molecule has 0 amide bonds. The van der Waals surface area contributed by atoms with E-state index in [0.717, 1.165) is 32.7 Å². The predicted molar refractivity (Wildman–Crippen MR) is 78.1 cm³/mol. The SMILES string of the molecule is CC(C)OC(=O)C(C)CNCCNCCNCCN. The van der Waals surface area contributed by atoms with Crippen LogP contribution in [-0.2, 0) is 9.53 Å². The third-order valence-corrected chi connectivity index (χ3v) is 2.48. The van der Waals surface area contributed by atoms with Gasteiger partial charge < -0.3 is 26.4 Å². The van der Waals surface area contributed by atoms with E-state index in [2.05, 4.69) is 16.0 Å². The van der Waals surface area contributed by atoms with Crippen molar-refractivity contribution in [1.82, 2.24) is 16.0 Å². The summed E-state index contributed by atoms with van der Waals surface area (Å²) in [4.78, 5) is 11.5. The molecule has 0 heterocycles. The largest absolute Gasteiger partial charge is 0.463 e. The van der Waals surface area contributed by atoms with Gasteiger partial charge in [0.15, 0.2) is 0 Å². The van der Waals surface area contributed by atoms with Gasteiger partial charge in [0.25, 0.3) is 0 Å². The average Bonchev–Trinajstić information content (AvgIpc) is 2.35. The second-order valence-corrected chi connectivity index (χ2v) is 4.88. The number of carbonyl (C=O) groups excluding carboxylic acids is 1. The van der Waals surface area contributed by atoms with Gasteiger partial charge in [0.05, 0.1) is 12.0 Å². The number of nitrogens with one attached hydrogen (secondary N) is 3. The maximum atomic E-state index is 11.5. The Labute approximate surface area is 116 Å². The normalized spacial score (nSPS) is 12.7. The lowest BCUT2D eigenvalue weighted by atomic mass is 10.2. The van der Waals surface area contributed by atoms with Gasteiger partial charge >= 0.3 is 5.97 Å². The van der Waals surface area contributed by atoms with E-state index in [1.165, 1.54) is 0 Å². The van der Waals surface area contributed by atoms with Gasteiger partial charge in [-0.2, -0.15) is 0 Å². The fourth-order valence-electron chi connectivity index (χ4n) is 1.46. The summed E-state index contributed by atoms with van der Waals surface area (Å²) in [6.07, 6.45) is -0.0439. The highest BCUT2D eigenvalue weighted by atomic mass is 16.5. The summed E-state index contributed by atoms with van der Waals surface area (Å²) >= 11 is 0. The first-order valence-corrected chi connectivity index (χ1v) is 7.10. The van der Waals surface area contributed by atoms with Crippen molar-refractivity contribution in [3.63, 3.8) is 0 Å². The predicted octanol–water partition coefficient (Wildman–Crippen LogP) is -0.698. The maximum absolute atomic E-state index is 11.5. The van der Waals surface area contributed by atoms with Crippen molar-refractivity contribution in [3.05, 3.63) is 0 Å². The van der Waals surface area contributed by atoms with E-state index in [1.807, 2.05) is 20.8 Å². The van der Waals surface area contributed by atoms with Crippen molar-refractivity contribution in [1.29, 1.82) is 0 Å². The molecule has 0 fully saturated rings. The van der Waals surface area contributed by atoms with Gasteiger partial charge in [-0.15, -0.1) is 0 Å². The van der Waals surface area contributed by atoms with Crippen molar-refractivity contribution in [2.45, 2.75) is 26.9 Å². The van der Waals surface area contributed by atoms with Crippen LogP contribution in [0.1, 0.15) is 20.8 Å². The number of ether oxygens (including phenoxy) is 1. The van der Waals surface area contributed by atoms with Crippen LogP contribution in [0.15, 0.2) is 0 Å². The van der Waals surface area contributed by atoms with E-state index in [-0.39, 0.29) is 18.0 Å². The summed E-state index contributed by atoms with van der Waals surface area (Å²) < 4.78 is 5.13. The Kier molecular flexibility index (Phi) is 11.9. The highest BCUT2D eigenvalue weighted by molar-refractivity contribution is 5.72. The quantitative estimate of drug-likeness (QED) is 0.278. The smallest absolute Gasteiger partial charge is 0.310 e. The van der Waals surface area contributed by atoms with E-state index in [0.29, 0.717) is 13.1 Å². The summed E-state index contributed by atoms with van der Waals surface area (Å²) in [7, 11) is 0. The van der Waals surface area contributed by atoms with Crippen LogP contribution in [0.5, 0.6) is 0 Å². The van der Waals surface area contributed by atoms with E-state index < -0.39 is 0 Å². The summed E-state index contributed by atoms with van der Waals surface area (Å²) in [6.45, 7) is 11.4. The molecule has 0 spiro atoms. The van der Waals surface area contributed by atoms with Crippen LogP contribution in [-0.4, -0.2) is 57.9 Å². The first-order valence-electron chi connectivity index (χ1n) is 7.10. The molecule has 0 aromatic rings. The number of esters is 1. The molecular formula is C13H30N4O2. The van der Waals surface area contributed by atoms with Gasteiger partial charge in [0, 0.05) is 45.8 Å². The maximum Gasteiger partial charge on any atom is 0.310 e. The Balaban J connectivity index is 3.31. The molecule has 0 aliphatic heterocycles. The molecule has 19 heavy (non-hydrogen) atoms. The van der Waals surface area contributed by atoms with Crippen LogP contribution in [0.3, 0.4) is 0 Å². The minimum atomic E-state index is -0.138. The van der Waals surface area contributed by atoms with Crippen molar-refractivity contribution < 1.29 is 9.53 Å². The van der Waals surface area contributed by atoms with Crippen molar-refractivity contribution in [3.8, 4) is 0 Å². The lowest BCUT2D eigenvalue weighted by molar-refractivity contribution is -0.151. The first kappa shape index (κ1) is 18.3. The molecular weight excluding hydrogens is 244 g/mol. The third kappa shape index (κ3) is 12.1. The molecule has 0 aromatic carbocycles. The van der Waals surface area contributed by atoms with Crippen LogP contribution in [0.25, 0.3) is 0 Å². The minimum absolute atomic E-state index is 0.0439. The number of rotatable bonds is 12. The molecule has 0 saturated heterocycles. The molecule has 0 aliphatic carbocycles. The summed E-state index contributed by atoms with van der Waals surface area (Å²) in [6, 6.07) is 0. The Hall–Kier alpha value is -0.690. The summed E-state index contributed by atoms with van der Waals surface area (Å²) in [5.74, 6) is -0.241. The summed E-state index contributed by atoms with van der Waals surface area (Å²) in [5, 5.41) is 9.74. The van der Waals surface area contributed by atoms with Crippen molar-refractivity contribution in [2.75, 3.05) is 45.8 Å². The Bertz CT molecular complexity index is 225. The second-order valence-electron chi connectivity index (χ2n) is 4.88. The third-order valence-electron chi connectivity index (χ3n) is 2.48. The molecule has 6 nitrogen and oxygen atoms in total. The van der Waals surface area contributed by atoms with Gasteiger partial charge in [-0.3, -0.25) is 4.79 Å². The molecule has 0 radical (unpaired) electrons. The van der Waals surface area contributed by atoms with Crippen LogP contribution in [0.4, 0.5) is 0 Å². The Morgan fingerprint density at radius 3 is 2.05 bits per heavy atom. The van der Waals surface area contributed by atoms with Gasteiger partial charge in [-0.1, -0.05) is 6.92 Å². The van der Waals surface area contributed by atoms with E-state index in [1.54, 1.807) is 0 Å². The molecule has 1 atom stereocenters. The molecule has 0 aliphatic rings. The zero-order valence-corrected chi connectivity index (χ0v) is 12.5. The topological polar surface area (TPSA) is 88.4 Å². The molecule has 1 unspecified atom stereocenters. The molecule has 0 saturated carbocycles. The fourth-order valence-corrected chi connectivity index (χ4v) is 1.46. The number of hydrogen-bond donors (Lipinski definition) is 4. The van der Waals surface area contributed by atoms with Crippen LogP contribution >= 0.6 is 0 Å². The molecule has 0 bridgehead atoms. The number of hydrogen-bond acceptors (Lipinski definition) is 6. The monoisotopic (exact) mass is 274 g/mol. The molecule has 114 valence electrons. The fraction of sp³-hybridized carbons (Fsp3) is 0.923. The van der Waals surface area contributed by atoms with Gasteiger partial charge in [-0.25, -0.2) is 0 Å². The van der Waals surface area contributed by atoms with Crippen molar-refractivity contribution >= 4 is 5.97 Å². The minimum Gasteiger partial charge on any atom is -0.463 e. The highest BCUT2D eigenvalue weighted by Gasteiger charge is 2.14.